The van der Waals surface area contributed by atoms with Gasteiger partial charge < -0.3 is 10.1 Å². The molecule has 0 aliphatic carbocycles. The molecule has 33 heavy (non-hydrogen) atoms. The summed E-state index contributed by atoms with van der Waals surface area (Å²) >= 11 is 6.03. The Balaban J connectivity index is 1.81. The van der Waals surface area contributed by atoms with Gasteiger partial charge in [-0.2, -0.15) is 9.78 Å². The second-order valence-corrected chi connectivity index (χ2v) is 9.68. The molecule has 0 saturated heterocycles. The Morgan fingerprint density at radius 2 is 1.88 bits per heavy atom. The number of carbonyl (C=O) groups excluding carboxylic acids is 2. The maximum absolute atomic E-state index is 13.3. The van der Waals surface area contributed by atoms with Crippen molar-refractivity contribution in [1.82, 2.24) is 9.78 Å². The number of rotatable bonds is 5. The van der Waals surface area contributed by atoms with Crippen LogP contribution in [-0.2, 0) is 14.8 Å². The quantitative estimate of drug-likeness (QED) is 0.560. The first-order valence-corrected chi connectivity index (χ1v) is 11.9. The molecule has 2 N–H and O–H groups in total. The van der Waals surface area contributed by atoms with E-state index < -0.39 is 10.0 Å². The molecule has 1 aliphatic heterocycles. The van der Waals surface area contributed by atoms with E-state index >= 15 is 0 Å². The van der Waals surface area contributed by atoms with Gasteiger partial charge in [0, 0.05) is 23.4 Å². The summed E-state index contributed by atoms with van der Waals surface area (Å²) < 4.78 is 35.5. The zero-order valence-electron chi connectivity index (χ0n) is 18.1. The summed E-state index contributed by atoms with van der Waals surface area (Å²) in [5, 5.41) is 7.34. The van der Waals surface area contributed by atoms with Crippen LogP contribution in [0.4, 0.5) is 11.5 Å². The number of methoxy groups -OCH3 is 1. The maximum Gasteiger partial charge on any atom is 0.262 e. The van der Waals surface area contributed by atoms with Crippen molar-refractivity contribution >= 4 is 44.9 Å². The number of hydrogen-bond acceptors (Lipinski definition) is 6. The third kappa shape index (κ3) is 4.31. The molecule has 0 fully saturated rings. The number of halogens is 1. The first kappa shape index (κ1) is 22.8. The van der Waals surface area contributed by atoms with E-state index in [1.807, 2.05) is 0 Å². The number of anilines is 2. The van der Waals surface area contributed by atoms with Crippen molar-refractivity contribution in [2.75, 3.05) is 17.1 Å². The van der Waals surface area contributed by atoms with E-state index in [4.69, 9.17) is 16.3 Å². The summed E-state index contributed by atoms with van der Waals surface area (Å²) in [4.78, 5) is 24.5. The summed E-state index contributed by atoms with van der Waals surface area (Å²) in [6, 6.07) is 9.48. The van der Waals surface area contributed by atoms with Crippen LogP contribution in [0.5, 0.6) is 5.75 Å². The number of amides is 1. The molecule has 0 saturated carbocycles. The van der Waals surface area contributed by atoms with Gasteiger partial charge in [0.05, 0.1) is 23.4 Å². The second kappa shape index (κ2) is 8.53. The molecule has 1 aromatic heterocycles. The van der Waals surface area contributed by atoms with Crippen LogP contribution in [0.3, 0.4) is 0 Å². The lowest BCUT2D eigenvalue weighted by Crippen LogP contribution is -2.15. The number of nitrogens with zero attached hydrogens (tertiary/aromatic N) is 2. The van der Waals surface area contributed by atoms with E-state index in [2.05, 4.69) is 15.1 Å². The summed E-state index contributed by atoms with van der Waals surface area (Å²) in [6.45, 7) is 3.36. The second-order valence-electron chi connectivity index (χ2n) is 7.59. The van der Waals surface area contributed by atoms with Crippen molar-refractivity contribution in [2.24, 2.45) is 0 Å². The molecule has 1 amide bonds. The number of aryl methyl sites for hydroxylation is 2. The Morgan fingerprint density at radius 3 is 2.61 bits per heavy atom. The largest absolute Gasteiger partial charge is 0.495 e. The fourth-order valence-corrected chi connectivity index (χ4v) is 5.20. The van der Waals surface area contributed by atoms with Gasteiger partial charge in [-0.3, -0.25) is 14.3 Å². The van der Waals surface area contributed by atoms with Crippen LogP contribution in [0, 0.1) is 13.8 Å². The maximum atomic E-state index is 13.3. The number of aromatic nitrogens is 2. The smallest absolute Gasteiger partial charge is 0.262 e. The van der Waals surface area contributed by atoms with Gasteiger partial charge in [0.25, 0.3) is 10.0 Å². The molecule has 0 bridgehead atoms. The van der Waals surface area contributed by atoms with Crippen LogP contribution in [-0.4, -0.2) is 37.1 Å². The SMILES string of the molecule is COc1ccc(Cl)cc1NS(=O)(=O)c1cc(-c2c(C)nn3c2NC(=O)CCC3=O)ccc1C. The van der Waals surface area contributed by atoms with Gasteiger partial charge in [-0.25, -0.2) is 8.42 Å². The normalized spacial score (nSPS) is 13.8. The average Bonchev–Trinajstić information content (AvgIpc) is 3.00. The average molecular weight is 489 g/mol. The molecule has 0 radical (unpaired) electrons. The highest BCUT2D eigenvalue weighted by Gasteiger charge is 2.27. The van der Waals surface area contributed by atoms with Gasteiger partial charge in [0.15, 0.2) is 0 Å². The number of fused-ring (bicyclic) bond motifs is 1. The van der Waals surface area contributed by atoms with E-state index in [9.17, 15) is 18.0 Å². The van der Waals surface area contributed by atoms with Gasteiger partial charge in [0.2, 0.25) is 11.8 Å². The van der Waals surface area contributed by atoms with Crippen molar-refractivity contribution in [3.05, 3.63) is 52.7 Å². The van der Waals surface area contributed by atoms with E-state index in [-0.39, 0.29) is 41.1 Å². The lowest BCUT2D eigenvalue weighted by atomic mass is 10.0. The van der Waals surface area contributed by atoms with Crippen molar-refractivity contribution in [1.29, 1.82) is 0 Å². The number of sulfonamides is 1. The molecule has 9 nitrogen and oxygen atoms in total. The predicted molar refractivity (Wildman–Crippen MR) is 124 cm³/mol. The van der Waals surface area contributed by atoms with Crippen LogP contribution in [0.15, 0.2) is 41.3 Å². The minimum Gasteiger partial charge on any atom is -0.495 e. The Kier molecular flexibility index (Phi) is 5.89. The lowest BCUT2D eigenvalue weighted by Gasteiger charge is -2.15. The highest BCUT2D eigenvalue weighted by Crippen LogP contribution is 2.36. The highest BCUT2D eigenvalue weighted by atomic mass is 35.5. The first-order valence-electron chi connectivity index (χ1n) is 10.0. The highest BCUT2D eigenvalue weighted by molar-refractivity contribution is 7.92. The summed E-state index contributed by atoms with van der Waals surface area (Å²) in [6.07, 6.45) is 0.0951. The Labute approximate surface area is 195 Å². The van der Waals surface area contributed by atoms with Gasteiger partial charge in [-0.15, -0.1) is 0 Å². The Hall–Kier alpha value is -3.37. The van der Waals surface area contributed by atoms with E-state index in [0.29, 0.717) is 33.2 Å². The molecular weight excluding hydrogens is 468 g/mol. The van der Waals surface area contributed by atoms with Gasteiger partial charge in [-0.05, 0) is 49.2 Å². The number of nitrogens with one attached hydrogen (secondary N) is 2. The standard InChI is InChI=1S/C22H21ClN4O5S/c1-12-4-5-14(21-13(2)25-27-20(29)9-8-19(28)24-22(21)27)10-18(12)33(30,31)26-16-11-15(23)6-7-17(16)32-3/h4-7,10-11,26H,8-9H2,1-3H3,(H,24,28). The molecule has 2 heterocycles. The molecule has 1 aliphatic rings. The molecular formula is C22H21ClN4O5S. The summed E-state index contributed by atoms with van der Waals surface area (Å²) in [7, 11) is -2.61. The van der Waals surface area contributed by atoms with E-state index in [1.54, 1.807) is 38.1 Å². The third-order valence-electron chi connectivity index (χ3n) is 5.29. The van der Waals surface area contributed by atoms with Crippen LogP contribution >= 0.6 is 11.6 Å². The molecule has 4 rings (SSSR count). The van der Waals surface area contributed by atoms with Gasteiger partial charge >= 0.3 is 0 Å². The number of benzene rings is 2. The predicted octanol–water partition coefficient (Wildman–Crippen LogP) is 4.00. The van der Waals surface area contributed by atoms with E-state index in [0.717, 1.165) is 0 Å². The Morgan fingerprint density at radius 1 is 1.12 bits per heavy atom. The minimum absolute atomic E-state index is 0.0210. The number of ether oxygens (including phenoxy) is 1. The molecule has 2 aromatic carbocycles. The fourth-order valence-electron chi connectivity index (χ4n) is 3.69. The van der Waals surface area contributed by atoms with Crippen LogP contribution in [0.25, 0.3) is 11.1 Å². The van der Waals surface area contributed by atoms with Crippen LogP contribution in [0.2, 0.25) is 5.02 Å². The number of hydrogen-bond donors (Lipinski definition) is 2. The lowest BCUT2D eigenvalue weighted by molar-refractivity contribution is -0.116. The first-order chi connectivity index (χ1) is 15.6. The third-order valence-corrected chi connectivity index (χ3v) is 7.04. The summed E-state index contributed by atoms with van der Waals surface area (Å²) in [5.74, 6) is -0.0715. The Bertz CT molecular complexity index is 1400. The van der Waals surface area contributed by atoms with Crippen molar-refractivity contribution in [3.8, 4) is 16.9 Å². The molecule has 11 heteroatoms. The molecule has 0 unspecified atom stereocenters. The van der Waals surface area contributed by atoms with Gasteiger partial charge in [-0.1, -0.05) is 23.7 Å². The fraction of sp³-hybridized carbons (Fsp3) is 0.227. The van der Waals surface area contributed by atoms with Crippen LogP contribution in [0.1, 0.15) is 28.9 Å². The zero-order chi connectivity index (χ0) is 23.9. The molecule has 0 spiro atoms. The molecule has 172 valence electrons. The van der Waals surface area contributed by atoms with Crippen molar-refractivity contribution < 1.29 is 22.7 Å². The number of carbonyl (C=O) groups is 2. The van der Waals surface area contributed by atoms with Crippen LogP contribution < -0.4 is 14.8 Å². The monoisotopic (exact) mass is 488 g/mol. The zero-order valence-corrected chi connectivity index (χ0v) is 19.7. The molecule has 0 atom stereocenters. The topological polar surface area (TPSA) is 119 Å². The van der Waals surface area contributed by atoms with E-state index in [1.165, 1.54) is 23.9 Å². The summed E-state index contributed by atoms with van der Waals surface area (Å²) in [5.41, 5.74) is 2.16. The van der Waals surface area contributed by atoms with Gasteiger partial charge in [0.1, 0.15) is 11.6 Å². The van der Waals surface area contributed by atoms with Crippen molar-refractivity contribution in [3.63, 3.8) is 0 Å². The van der Waals surface area contributed by atoms with Crippen molar-refractivity contribution in [2.45, 2.75) is 31.6 Å². The minimum atomic E-state index is -4.04. The molecule has 3 aromatic rings.